The van der Waals surface area contributed by atoms with E-state index in [4.69, 9.17) is 16.3 Å². The Bertz CT molecular complexity index is 704. The highest BCUT2D eigenvalue weighted by Gasteiger charge is 2.15. The number of aryl methyl sites for hydroxylation is 2. The molecule has 0 aliphatic rings. The van der Waals surface area contributed by atoms with Gasteiger partial charge in [0.2, 0.25) is 0 Å². The molecule has 21 heavy (non-hydrogen) atoms. The van der Waals surface area contributed by atoms with Gasteiger partial charge in [-0.15, -0.1) is 0 Å². The molecule has 6 heteroatoms. The van der Waals surface area contributed by atoms with Gasteiger partial charge in [-0.1, -0.05) is 33.6 Å². The highest BCUT2D eigenvalue weighted by molar-refractivity contribution is 9.08. The largest absolute Gasteiger partial charge is 0.457 e. The van der Waals surface area contributed by atoms with E-state index in [-0.39, 0.29) is 5.69 Å². The fourth-order valence-corrected chi connectivity index (χ4v) is 2.56. The second kappa shape index (κ2) is 6.45. The van der Waals surface area contributed by atoms with Gasteiger partial charge < -0.3 is 4.74 Å². The van der Waals surface area contributed by atoms with Crippen LogP contribution in [0.3, 0.4) is 0 Å². The first-order valence-corrected chi connectivity index (χ1v) is 7.70. The number of nitrogens with zero attached hydrogens (tertiary/aromatic N) is 1. The van der Waals surface area contributed by atoms with Crippen LogP contribution in [0.15, 0.2) is 30.3 Å². The molecule has 0 fully saturated rings. The average Bonchev–Trinajstić information content (AvgIpc) is 2.42. The van der Waals surface area contributed by atoms with Crippen molar-refractivity contribution in [2.45, 2.75) is 19.2 Å². The predicted octanol–water partition coefficient (Wildman–Crippen LogP) is 5.55. The number of hydrogen-bond acceptors (Lipinski definition) is 3. The lowest BCUT2D eigenvalue weighted by Crippen LogP contribution is -1.96. The number of alkyl halides is 1. The number of nitro groups is 1. The first-order chi connectivity index (χ1) is 9.92. The molecule has 0 aliphatic heterocycles. The van der Waals surface area contributed by atoms with E-state index in [1.165, 1.54) is 6.07 Å². The van der Waals surface area contributed by atoms with Crippen molar-refractivity contribution in [3.63, 3.8) is 0 Å². The third kappa shape index (κ3) is 3.54. The monoisotopic (exact) mass is 369 g/mol. The zero-order valence-electron chi connectivity index (χ0n) is 11.5. The SMILES string of the molecule is Cc1cc([N+](=O)[O-])c(C)cc1Oc1cc(Cl)ccc1CBr. The van der Waals surface area contributed by atoms with Crippen molar-refractivity contribution in [2.75, 3.05) is 0 Å². The Morgan fingerprint density at radius 3 is 2.52 bits per heavy atom. The molecular weight excluding hydrogens is 358 g/mol. The van der Waals surface area contributed by atoms with E-state index in [0.29, 0.717) is 33.0 Å². The van der Waals surface area contributed by atoms with Crippen LogP contribution in [-0.4, -0.2) is 4.92 Å². The Labute approximate surface area is 136 Å². The zero-order valence-corrected chi connectivity index (χ0v) is 13.9. The highest BCUT2D eigenvalue weighted by Crippen LogP contribution is 2.34. The molecule has 0 spiro atoms. The smallest absolute Gasteiger partial charge is 0.272 e. The Morgan fingerprint density at radius 1 is 1.19 bits per heavy atom. The van der Waals surface area contributed by atoms with E-state index in [0.717, 1.165) is 5.56 Å². The predicted molar refractivity (Wildman–Crippen MR) is 86.7 cm³/mol. The van der Waals surface area contributed by atoms with Crippen molar-refractivity contribution in [2.24, 2.45) is 0 Å². The van der Waals surface area contributed by atoms with Gasteiger partial charge in [-0.3, -0.25) is 10.1 Å². The van der Waals surface area contributed by atoms with Crippen LogP contribution in [0.2, 0.25) is 5.02 Å². The topological polar surface area (TPSA) is 52.4 Å². The fourth-order valence-electron chi connectivity index (χ4n) is 1.93. The van der Waals surface area contributed by atoms with Gasteiger partial charge in [-0.05, 0) is 37.6 Å². The quantitative estimate of drug-likeness (QED) is 0.402. The number of rotatable bonds is 4. The summed E-state index contributed by atoms with van der Waals surface area (Å²) in [5.74, 6) is 1.22. The molecule has 2 aromatic rings. The van der Waals surface area contributed by atoms with Gasteiger partial charge in [0.15, 0.2) is 0 Å². The normalized spacial score (nSPS) is 10.5. The molecule has 0 amide bonds. The Balaban J connectivity index is 2.43. The van der Waals surface area contributed by atoms with Crippen LogP contribution in [0.25, 0.3) is 0 Å². The Hall–Kier alpha value is -1.59. The minimum absolute atomic E-state index is 0.0895. The molecule has 0 heterocycles. The second-order valence-corrected chi connectivity index (χ2v) is 5.65. The fraction of sp³-hybridized carbons (Fsp3) is 0.200. The number of nitro benzene ring substituents is 1. The molecule has 0 aliphatic carbocycles. The average molecular weight is 371 g/mol. The minimum atomic E-state index is -0.393. The van der Waals surface area contributed by atoms with Crippen molar-refractivity contribution < 1.29 is 9.66 Å². The lowest BCUT2D eigenvalue weighted by atomic mass is 10.1. The maximum absolute atomic E-state index is 10.9. The summed E-state index contributed by atoms with van der Waals surface area (Å²) in [7, 11) is 0. The summed E-state index contributed by atoms with van der Waals surface area (Å²) in [6.45, 7) is 3.47. The van der Waals surface area contributed by atoms with Gasteiger partial charge in [0.05, 0.1) is 4.92 Å². The summed E-state index contributed by atoms with van der Waals surface area (Å²) in [4.78, 5) is 10.5. The summed E-state index contributed by atoms with van der Waals surface area (Å²) in [6, 6.07) is 8.59. The minimum Gasteiger partial charge on any atom is -0.457 e. The highest BCUT2D eigenvalue weighted by atomic mass is 79.9. The maximum atomic E-state index is 10.9. The molecule has 0 bridgehead atoms. The van der Waals surface area contributed by atoms with Crippen LogP contribution in [0.5, 0.6) is 11.5 Å². The van der Waals surface area contributed by atoms with E-state index in [1.807, 2.05) is 6.07 Å². The molecule has 2 aromatic carbocycles. The van der Waals surface area contributed by atoms with E-state index < -0.39 is 4.92 Å². The van der Waals surface area contributed by atoms with Gasteiger partial charge in [0.1, 0.15) is 11.5 Å². The van der Waals surface area contributed by atoms with Gasteiger partial charge >= 0.3 is 0 Å². The number of hydrogen-bond donors (Lipinski definition) is 0. The van der Waals surface area contributed by atoms with Crippen molar-refractivity contribution in [1.29, 1.82) is 0 Å². The Morgan fingerprint density at radius 2 is 1.90 bits per heavy atom. The molecule has 0 atom stereocenters. The molecule has 0 aromatic heterocycles. The van der Waals surface area contributed by atoms with Crippen LogP contribution in [0.1, 0.15) is 16.7 Å². The molecule has 110 valence electrons. The molecule has 2 rings (SSSR count). The number of benzene rings is 2. The van der Waals surface area contributed by atoms with Gasteiger partial charge in [-0.2, -0.15) is 0 Å². The molecule has 0 N–H and O–H groups in total. The van der Waals surface area contributed by atoms with E-state index >= 15 is 0 Å². The van der Waals surface area contributed by atoms with Crippen LogP contribution in [0, 0.1) is 24.0 Å². The van der Waals surface area contributed by atoms with E-state index in [9.17, 15) is 10.1 Å². The van der Waals surface area contributed by atoms with Crippen LogP contribution in [-0.2, 0) is 5.33 Å². The van der Waals surface area contributed by atoms with Crippen LogP contribution < -0.4 is 4.74 Å². The molecule has 0 unspecified atom stereocenters. The summed E-state index contributed by atoms with van der Waals surface area (Å²) in [6.07, 6.45) is 0. The number of halogens is 2. The molecule has 0 saturated heterocycles. The summed E-state index contributed by atoms with van der Waals surface area (Å²) in [5, 5.41) is 12.1. The van der Waals surface area contributed by atoms with E-state index in [2.05, 4.69) is 15.9 Å². The van der Waals surface area contributed by atoms with Crippen LogP contribution in [0.4, 0.5) is 5.69 Å². The lowest BCUT2D eigenvalue weighted by Gasteiger charge is -2.13. The molecule has 0 radical (unpaired) electrons. The molecule has 0 saturated carbocycles. The van der Waals surface area contributed by atoms with Crippen molar-refractivity contribution >= 4 is 33.2 Å². The third-order valence-electron chi connectivity index (χ3n) is 3.08. The van der Waals surface area contributed by atoms with Gasteiger partial charge in [-0.25, -0.2) is 0 Å². The third-order valence-corrected chi connectivity index (χ3v) is 3.92. The second-order valence-electron chi connectivity index (χ2n) is 4.65. The van der Waals surface area contributed by atoms with E-state index in [1.54, 1.807) is 32.0 Å². The van der Waals surface area contributed by atoms with Crippen LogP contribution >= 0.6 is 27.5 Å². The first-order valence-electron chi connectivity index (χ1n) is 6.20. The summed E-state index contributed by atoms with van der Waals surface area (Å²) < 4.78 is 5.89. The van der Waals surface area contributed by atoms with Gasteiger partial charge in [0, 0.05) is 27.5 Å². The van der Waals surface area contributed by atoms with Crippen molar-refractivity contribution in [1.82, 2.24) is 0 Å². The van der Waals surface area contributed by atoms with Gasteiger partial charge in [0.25, 0.3) is 5.69 Å². The zero-order chi connectivity index (χ0) is 15.6. The molecule has 4 nitrogen and oxygen atoms in total. The number of ether oxygens (including phenoxy) is 1. The molecular formula is C15H13BrClNO3. The van der Waals surface area contributed by atoms with Crippen molar-refractivity contribution in [3.05, 3.63) is 62.2 Å². The summed E-state index contributed by atoms with van der Waals surface area (Å²) >= 11 is 9.39. The first kappa shape index (κ1) is 15.8. The standard InChI is InChI=1S/C15H13BrClNO3/c1-9-6-14(10(2)5-13(9)18(19)20)21-15-7-12(17)4-3-11(15)8-16/h3-7H,8H2,1-2H3. The Kier molecular flexibility index (Phi) is 4.85. The summed E-state index contributed by atoms with van der Waals surface area (Å²) in [5.41, 5.74) is 2.30. The van der Waals surface area contributed by atoms with Crippen molar-refractivity contribution in [3.8, 4) is 11.5 Å². The lowest BCUT2D eigenvalue weighted by molar-refractivity contribution is -0.385. The maximum Gasteiger partial charge on any atom is 0.272 e.